The molecule has 4 aliphatic carbocycles. The fourth-order valence-corrected chi connectivity index (χ4v) is 9.17. The lowest BCUT2D eigenvalue weighted by Crippen LogP contribution is -2.52. The maximum Gasteiger partial charge on any atom is 0.219 e. The van der Waals surface area contributed by atoms with Gasteiger partial charge in [0.2, 0.25) is 5.91 Å². The van der Waals surface area contributed by atoms with Crippen molar-refractivity contribution in [2.24, 2.45) is 46.8 Å². The van der Waals surface area contributed by atoms with Crippen LogP contribution < -0.4 is 0 Å². The van der Waals surface area contributed by atoms with E-state index in [1.807, 2.05) is 4.90 Å². The molecule has 4 nitrogen and oxygen atoms in total. The first-order valence-electron chi connectivity index (χ1n) is 13.4. The quantitative estimate of drug-likeness (QED) is 0.658. The van der Waals surface area contributed by atoms with Crippen molar-refractivity contribution in [2.75, 3.05) is 32.7 Å². The van der Waals surface area contributed by atoms with Crippen LogP contribution in [0.25, 0.3) is 0 Å². The molecule has 31 heavy (non-hydrogen) atoms. The Hall–Kier alpha value is -0.900. The lowest BCUT2D eigenvalue weighted by molar-refractivity contribution is -0.133. The van der Waals surface area contributed by atoms with Crippen LogP contribution in [-0.2, 0) is 9.59 Å². The summed E-state index contributed by atoms with van der Waals surface area (Å²) in [5, 5.41) is 0. The second kappa shape index (κ2) is 8.47. The van der Waals surface area contributed by atoms with Gasteiger partial charge in [0.05, 0.1) is 6.54 Å². The van der Waals surface area contributed by atoms with Gasteiger partial charge in [0.25, 0.3) is 0 Å². The molecule has 174 valence electrons. The van der Waals surface area contributed by atoms with Gasteiger partial charge in [0.15, 0.2) is 0 Å². The lowest BCUT2D eigenvalue weighted by atomic mass is 9.49. The molecule has 0 N–H and O–H groups in total. The molecule has 0 aromatic carbocycles. The molecule has 0 aromatic rings. The van der Waals surface area contributed by atoms with E-state index >= 15 is 0 Å². The van der Waals surface area contributed by atoms with Crippen molar-refractivity contribution in [3.63, 3.8) is 0 Å². The van der Waals surface area contributed by atoms with Gasteiger partial charge >= 0.3 is 0 Å². The van der Waals surface area contributed by atoms with E-state index in [1.54, 1.807) is 6.92 Å². The molecule has 5 aliphatic rings. The minimum Gasteiger partial charge on any atom is -0.340 e. The van der Waals surface area contributed by atoms with Crippen LogP contribution in [0.15, 0.2) is 0 Å². The number of piperazine rings is 1. The topological polar surface area (TPSA) is 40.6 Å². The summed E-state index contributed by atoms with van der Waals surface area (Å²) < 4.78 is 0. The first-order chi connectivity index (χ1) is 14.9. The molecule has 5 fully saturated rings. The fraction of sp³-hybridized carbons (Fsp3) is 0.926. The van der Waals surface area contributed by atoms with E-state index in [-0.39, 0.29) is 17.2 Å². The lowest BCUT2D eigenvalue weighted by Gasteiger charge is -2.56. The number of hydrogen-bond acceptors (Lipinski definition) is 3. The van der Waals surface area contributed by atoms with E-state index in [0.717, 1.165) is 68.1 Å². The van der Waals surface area contributed by atoms with E-state index in [9.17, 15) is 9.59 Å². The summed E-state index contributed by atoms with van der Waals surface area (Å²) >= 11 is 0. The Balaban J connectivity index is 1.22. The van der Waals surface area contributed by atoms with Crippen LogP contribution in [0.2, 0.25) is 0 Å². The van der Waals surface area contributed by atoms with Gasteiger partial charge in [0.1, 0.15) is 5.78 Å². The van der Waals surface area contributed by atoms with Crippen molar-refractivity contribution >= 4 is 11.7 Å². The van der Waals surface area contributed by atoms with Crippen LogP contribution in [0.5, 0.6) is 0 Å². The first kappa shape index (κ1) is 21.9. The van der Waals surface area contributed by atoms with E-state index in [2.05, 4.69) is 18.7 Å². The molecule has 0 bridgehead atoms. The standard InChI is InChI=1S/C27H44N2O2/c1-18-4-6-21-20(16-18)5-7-23-22(21)10-11-27(3)24(23)8-9-25(27)26(31)17-28-12-14-29(15-13-28)19(2)30/h18,20-25H,4-17H2,1-3H3. The summed E-state index contributed by atoms with van der Waals surface area (Å²) in [6.07, 6.45) is 12.4. The number of rotatable bonds is 3. The smallest absolute Gasteiger partial charge is 0.219 e. The van der Waals surface area contributed by atoms with Crippen molar-refractivity contribution in [1.29, 1.82) is 0 Å². The van der Waals surface area contributed by atoms with Crippen LogP contribution in [0, 0.1) is 46.8 Å². The molecule has 1 heterocycles. The minimum absolute atomic E-state index is 0.163. The monoisotopic (exact) mass is 428 g/mol. The zero-order chi connectivity index (χ0) is 21.8. The molecule has 0 radical (unpaired) electrons. The zero-order valence-corrected chi connectivity index (χ0v) is 20.2. The SMILES string of the molecule is CC(=O)N1CCN(CC(=O)C2CCC3C4CCC5CC(C)CCC5C4CCC23C)CC1. The van der Waals surface area contributed by atoms with Gasteiger partial charge in [-0.2, -0.15) is 0 Å². The maximum absolute atomic E-state index is 13.5. The predicted octanol–water partition coefficient (Wildman–Crippen LogP) is 4.62. The maximum atomic E-state index is 13.5. The number of ketones is 1. The van der Waals surface area contributed by atoms with Crippen LogP contribution in [0.4, 0.5) is 0 Å². The van der Waals surface area contributed by atoms with E-state index in [4.69, 9.17) is 0 Å². The average Bonchev–Trinajstić information content (AvgIpc) is 3.11. The van der Waals surface area contributed by atoms with Crippen molar-refractivity contribution < 1.29 is 9.59 Å². The summed E-state index contributed by atoms with van der Waals surface area (Å²) in [4.78, 5) is 29.3. The van der Waals surface area contributed by atoms with Gasteiger partial charge in [-0.3, -0.25) is 14.5 Å². The second-order valence-electron chi connectivity index (χ2n) is 12.3. The largest absolute Gasteiger partial charge is 0.340 e. The molecule has 5 rings (SSSR count). The molecule has 4 heteroatoms. The highest BCUT2D eigenvalue weighted by Crippen LogP contribution is 2.64. The molecule has 4 saturated carbocycles. The third-order valence-corrected chi connectivity index (χ3v) is 10.8. The van der Waals surface area contributed by atoms with Crippen LogP contribution in [0.1, 0.15) is 78.6 Å². The molecule has 8 unspecified atom stereocenters. The third kappa shape index (κ3) is 3.89. The average molecular weight is 429 g/mol. The number of Topliss-reactive ketones (excluding diaryl/α,β-unsaturated/α-hetero) is 1. The number of amides is 1. The number of nitrogens with zero attached hydrogens (tertiary/aromatic N) is 2. The Bertz CT molecular complexity index is 699. The summed E-state index contributed by atoms with van der Waals surface area (Å²) in [5.41, 5.74) is 0.244. The predicted molar refractivity (Wildman–Crippen MR) is 123 cm³/mol. The molecular weight excluding hydrogens is 384 g/mol. The number of carbonyl (C=O) groups excluding carboxylic acids is 2. The molecule has 1 aliphatic heterocycles. The van der Waals surface area contributed by atoms with Gasteiger partial charge in [-0.25, -0.2) is 0 Å². The zero-order valence-electron chi connectivity index (χ0n) is 20.2. The van der Waals surface area contributed by atoms with Crippen molar-refractivity contribution in [3.8, 4) is 0 Å². The molecule has 0 aromatic heterocycles. The van der Waals surface area contributed by atoms with Crippen molar-refractivity contribution in [1.82, 2.24) is 9.80 Å². The van der Waals surface area contributed by atoms with Crippen molar-refractivity contribution in [2.45, 2.75) is 78.6 Å². The van der Waals surface area contributed by atoms with Crippen LogP contribution >= 0.6 is 0 Å². The Labute approximate surface area is 189 Å². The third-order valence-electron chi connectivity index (χ3n) is 10.8. The number of carbonyl (C=O) groups is 2. The Morgan fingerprint density at radius 3 is 2.35 bits per heavy atom. The summed E-state index contributed by atoms with van der Waals surface area (Å²) in [6.45, 7) is 10.5. The Morgan fingerprint density at radius 1 is 0.871 bits per heavy atom. The van der Waals surface area contributed by atoms with Crippen LogP contribution in [0.3, 0.4) is 0 Å². The summed E-state index contributed by atoms with van der Waals surface area (Å²) in [7, 11) is 0. The van der Waals surface area contributed by atoms with Gasteiger partial charge < -0.3 is 4.90 Å². The van der Waals surface area contributed by atoms with Gasteiger partial charge in [0, 0.05) is 39.0 Å². The van der Waals surface area contributed by atoms with Crippen LogP contribution in [-0.4, -0.2) is 54.2 Å². The van der Waals surface area contributed by atoms with E-state index < -0.39 is 0 Å². The number of fused-ring (bicyclic) bond motifs is 5. The molecular formula is C27H44N2O2. The molecule has 1 amide bonds. The summed E-state index contributed by atoms with van der Waals surface area (Å²) in [5.74, 6) is 6.51. The highest BCUT2D eigenvalue weighted by molar-refractivity contribution is 5.84. The van der Waals surface area contributed by atoms with E-state index in [1.165, 1.54) is 51.4 Å². The van der Waals surface area contributed by atoms with Gasteiger partial charge in [-0.1, -0.05) is 20.3 Å². The first-order valence-corrected chi connectivity index (χ1v) is 13.4. The van der Waals surface area contributed by atoms with Crippen molar-refractivity contribution in [3.05, 3.63) is 0 Å². The van der Waals surface area contributed by atoms with E-state index in [0.29, 0.717) is 12.3 Å². The minimum atomic E-state index is 0.163. The number of hydrogen-bond donors (Lipinski definition) is 0. The molecule has 8 atom stereocenters. The molecule has 1 saturated heterocycles. The fourth-order valence-electron chi connectivity index (χ4n) is 9.17. The Kier molecular flexibility index (Phi) is 5.99. The summed E-state index contributed by atoms with van der Waals surface area (Å²) in [6, 6.07) is 0. The highest BCUT2D eigenvalue weighted by atomic mass is 16.2. The normalized spacial score (nSPS) is 45.5. The highest BCUT2D eigenvalue weighted by Gasteiger charge is 2.58. The molecule has 0 spiro atoms. The van der Waals surface area contributed by atoms with Gasteiger partial charge in [-0.05, 0) is 92.3 Å². The Morgan fingerprint density at radius 2 is 1.61 bits per heavy atom. The second-order valence-corrected chi connectivity index (χ2v) is 12.3. The van der Waals surface area contributed by atoms with Gasteiger partial charge in [-0.15, -0.1) is 0 Å².